The molecular formula is C23H20F2N4OS. The summed E-state index contributed by atoms with van der Waals surface area (Å²) in [4.78, 5) is 17.8. The highest BCUT2D eigenvalue weighted by Gasteiger charge is 2.46. The number of aryl methyl sites for hydroxylation is 1. The maximum atomic E-state index is 13.1. The minimum Gasteiger partial charge on any atom is -0.348 e. The number of nitrogens with zero attached hydrogens (tertiary/aromatic N) is 3. The number of hydrogen-bond donors (Lipinski definition) is 1. The molecular weight excluding hydrogens is 418 g/mol. The van der Waals surface area contributed by atoms with Gasteiger partial charge in [0.05, 0.1) is 5.69 Å². The van der Waals surface area contributed by atoms with Crippen LogP contribution < -0.4 is 5.32 Å². The standard InChI is InChI=1S/C23H20F2N4OS/c1-29-8-6-19(28-29)15-4-2-14(3-5-15)10-16-11-20(27-22-18(16)7-9-31-22)21(30)26-17-12-23(24,25)13-17/h2-9,11,17H,10,12-13H2,1H3,(H,26,30). The number of thiophene rings is 1. The molecule has 1 aliphatic carbocycles. The molecule has 0 aliphatic heterocycles. The topological polar surface area (TPSA) is 59.8 Å². The molecule has 0 spiro atoms. The summed E-state index contributed by atoms with van der Waals surface area (Å²) in [7, 11) is 1.89. The molecule has 1 N–H and O–H groups in total. The van der Waals surface area contributed by atoms with Gasteiger partial charge in [-0.3, -0.25) is 9.48 Å². The summed E-state index contributed by atoms with van der Waals surface area (Å²) in [5.74, 6) is -3.07. The monoisotopic (exact) mass is 438 g/mol. The Hall–Kier alpha value is -3.13. The molecule has 1 saturated carbocycles. The number of alkyl halides is 2. The van der Waals surface area contributed by atoms with E-state index in [0.29, 0.717) is 6.42 Å². The van der Waals surface area contributed by atoms with Gasteiger partial charge in [-0.25, -0.2) is 13.8 Å². The molecule has 1 fully saturated rings. The Morgan fingerprint density at radius 1 is 1.23 bits per heavy atom. The normalized spacial score (nSPS) is 15.7. The zero-order chi connectivity index (χ0) is 21.6. The van der Waals surface area contributed by atoms with Gasteiger partial charge in [0.1, 0.15) is 10.5 Å². The van der Waals surface area contributed by atoms with Gasteiger partial charge in [0.15, 0.2) is 0 Å². The summed E-state index contributed by atoms with van der Waals surface area (Å²) < 4.78 is 27.9. The summed E-state index contributed by atoms with van der Waals surface area (Å²) in [5.41, 5.74) is 4.31. The van der Waals surface area contributed by atoms with Crippen LogP contribution in [0.4, 0.5) is 8.78 Å². The second kappa shape index (κ2) is 7.53. The van der Waals surface area contributed by atoms with Gasteiger partial charge in [-0.1, -0.05) is 24.3 Å². The summed E-state index contributed by atoms with van der Waals surface area (Å²) in [6.07, 6.45) is 1.93. The number of carbonyl (C=O) groups is 1. The number of nitrogens with one attached hydrogen (secondary N) is 1. The summed E-state index contributed by atoms with van der Waals surface area (Å²) >= 11 is 1.46. The summed E-state index contributed by atoms with van der Waals surface area (Å²) in [6.45, 7) is 0. The first-order valence-corrected chi connectivity index (χ1v) is 10.9. The lowest BCUT2D eigenvalue weighted by Crippen LogP contribution is -2.50. The van der Waals surface area contributed by atoms with E-state index in [-0.39, 0.29) is 18.5 Å². The largest absolute Gasteiger partial charge is 0.348 e. The molecule has 0 saturated heterocycles. The van der Waals surface area contributed by atoms with E-state index in [1.165, 1.54) is 11.3 Å². The summed E-state index contributed by atoms with van der Waals surface area (Å²) in [5, 5.41) is 10.0. The van der Waals surface area contributed by atoms with E-state index in [9.17, 15) is 13.6 Å². The maximum absolute atomic E-state index is 13.1. The van der Waals surface area contributed by atoms with E-state index < -0.39 is 17.9 Å². The summed E-state index contributed by atoms with van der Waals surface area (Å²) in [6, 6.07) is 13.4. The highest BCUT2D eigenvalue weighted by atomic mass is 32.1. The minimum atomic E-state index is -2.67. The van der Waals surface area contributed by atoms with Crippen LogP contribution in [0.1, 0.15) is 34.5 Å². The number of fused-ring (bicyclic) bond motifs is 1. The second-order valence-electron chi connectivity index (χ2n) is 7.99. The van der Waals surface area contributed by atoms with Gasteiger partial charge >= 0.3 is 0 Å². The number of hydrogen-bond acceptors (Lipinski definition) is 4. The van der Waals surface area contributed by atoms with Gasteiger partial charge in [0.2, 0.25) is 0 Å². The van der Waals surface area contributed by atoms with Gasteiger partial charge in [-0.05, 0) is 41.1 Å². The van der Waals surface area contributed by atoms with Gasteiger partial charge < -0.3 is 5.32 Å². The van der Waals surface area contributed by atoms with E-state index in [2.05, 4.69) is 27.5 Å². The van der Waals surface area contributed by atoms with Crippen molar-refractivity contribution in [1.82, 2.24) is 20.1 Å². The highest BCUT2D eigenvalue weighted by Crippen LogP contribution is 2.37. The Morgan fingerprint density at radius 2 is 2.00 bits per heavy atom. The molecule has 3 aromatic heterocycles. The smallest absolute Gasteiger partial charge is 0.270 e. The molecule has 1 aliphatic rings. The van der Waals surface area contributed by atoms with E-state index >= 15 is 0 Å². The zero-order valence-electron chi connectivity index (χ0n) is 16.8. The molecule has 8 heteroatoms. The third kappa shape index (κ3) is 4.07. The highest BCUT2D eigenvalue weighted by molar-refractivity contribution is 7.16. The number of benzene rings is 1. The van der Waals surface area contributed by atoms with E-state index in [4.69, 9.17) is 0 Å². The van der Waals surface area contributed by atoms with Crippen molar-refractivity contribution >= 4 is 27.5 Å². The molecule has 0 bridgehead atoms. The van der Waals surface area contributed by atoms with E-state index in [1.54, 1.807) is 10.7 Å². The Kier molecular flexibility index (Phi) is 4.81. The molecule has 5 rings (SSSR count). The van der Waals surface area contributed by atoms with Gasteiger partial charge in [0.25, 0.3) is 11.8 Å². The van der Waals surface area contributed by atoms with Crippen molar-refractivity contribution in [1.29, 1.82) is 0 Å². The van der Waals surface area contributed by atoms with Crippen molar-refractivity contribution in [2.24, 2.45) is 7.05 Å². The fourth-order valence-electron chi connectivity index (χ4n) is 3.88. The number of amides is 1. The third-order valence-electron chi connectivity index (χ3n) is 5.54. The molecule has 5 nitrogen and oxygen atoms in total. The van der Waals surface area contributed by atoms with Crippen molar-refractivity contribution in [3.8, 4) is 11.3 Å². The van der Waals surface area contributed by atoms with Gasteiger partial charge in [-0.2, -0.15) is 5.10 Å². The van der Waals surface area contributed by atoms with Crippen LogP contribution in [0.25, 0.3) is 21.5 Å². The number of rotatable bonds is 5. The second-order valence-corrected chi connectivity index (χ2v) is 8.88. The van der Waals surface area contributed by atoms with Gasteiger partial charge in [-0.15, -0.1) is 11.3 Å². The number of carbonyl (C=O) groups excluding carboxylic acids is 1. The molecule has 1 aromatic carbocycles. The van der Waals surface area contributed by atoms with Crippen LogP contribution >= 0.6 is 11.3 Å². The quantitative estimate of drug-likeness (QED) is 0.486. The van der Waals surface area contributed by atoms with Crippen molar-refractivity contribution in [3.05, 3.63) is 70.9 Å². The number of halogens is 2. The SMILES string of the molecule is Cn1ccc(-c2ccc(Cc3cc(C(=O)NC4CC(F)(F)C4)nc4sccc34)cc2)n1. The Morgan fingerprint density at radius 3 is 2.68 bits per heavy atom. The molecule has 1 amide bonds. The molecule has 158 valence electrons. The first-order chi connectivity index (χ1) is 14.9. The van der Waals surface area contributed by atoms with Crippen molar-refractivity contribution in [3.63, 3.8) is 0 Å². The zero-order valence-corrected chi connectivity index (χ0v) is 17.6. The van der Waals surface area contributed by atoms with Crippen molar-refractivity contribution in [2.75, 3.05) is 0 Å². The maximum Gasteiger partial charge on any atom is 0.270 e. The minimum absolute atomic E-state index is 0.269. The Labute approximate surface area is 181 Å². The lowest BCUT2D eigenvalue weighted by atomic mass is 9.88. The van der Waals surface area contributed by atoms with Crippen molar-refractivity contribution < 1.29 is 13.6 Å². The lowest BCUT2D eigenvalue weighted by molar-refractivity contribution is -0.0901. The van der Waals surface area contributed by atoms with Crippen LogP contribution in [-0.4, -0.2) is 32.6 Å². The number of pyridine rings is 1. The molecule has 31 heavy (non-hydrogen) atoms. The first kappa shape index (κ1) is 19.8. The average Bonchev–Trinajstić information content (AvgIpc) is 3.36. The predicted molar refractivity (Wildman–Crippen MR) is 117 cm³/mol. The molecule has 0 unspecified atom stereocenters. The average molecular weight is 439 g/mol. The van der Waals surface area contributed by atoms with E-state index in [0.717, 1.165) is 32.6 Å². The Bertz CT molecular complexity index is 1250. The predicted octanol–water partition coefficient (Wildman–Crippen LogP) is 4.82. The fraction of sp³-hybridized carbons (Fsp3) is 0.261. The first-order valence-electron chi connectivity index (χ1n) is 10.0. The molecule has 0 radical (unpaired) electrons. The van der Waals surface area contributed by atoms with E-state index in [1.807, 2.05) is 42.9 Å². The van der Waals surface area contributed by atoms with Crippen LogP contribution in [-0.2, 0) is 13.5 Å². The molecule has 3 heterocycles. The third-order valence-corrected chi connectivity index (χ3v) is 6.35. The van der Waals surface area contributed by atoms with Crippen LogP contribution in [0.15, 0.2) is 54.0 Å². The Balaban J connectivity index is 1.38. The molecule has 4 aromatic rings. The number of aromatic nitrogens is 3. The van der Waals surface area contributed by atoms with Crippen LogP contribution in [0.2, 0.25) is 0 Å². The lowest BCUT2D eigenvalue weighted by Gasteiger charge is -2.35. The van der Waals surface area contributed by atoms with Crippen LogP contribution in [0.3, 0.4) is 0 Å². The van der Waals surface area contributed by atoms with Gasteiger partial charge in [0, 0.05) is 43.1 Å². The van der Waals surface area contributed by atoms with Crippen LogP contribution in [0, 0.1) is 0 Å². The molecule has 0 atom stereocenters. The fourth-order valence-corrected chi connectivity index (χ4v) is 4.69. The van der Waals surface area contributed by atoms with Crippen LogP contribution in [0.5, 0.6) is 0 Å². The van der Waals surface area contributed by atoms with Crippen molar-refractivity contribution in [2.45, 2.75) is 31.2 Å².